The fourth-order valence-electron chi connectivity index (χ4n) is 3.76. The molecule has 1 atom stereocenters. The summed E-state index contributed by atoms with van der Waals surface area (Å²) in [5.41, 5.74) is 3.94. The van der Waals surface area contributed by atoms with Crippen LogP contribution in [-0.4, -0.2) is 62.0 Å². The first-order valence-electron chi connectivity index (χ1n) is 11.8. The zero-order valence-corrected chi connectivity index (χ0v) is 21.6. The summed E-state index contributed by atoms with van der Waals surface area (Å²) in [6.45, 7) is 0.384. The van der Waals surface area contributed by atoms with Crippen molar-refractivity contribution in [2.45, 2.75) is 13.0 Å². The van der Waals surface area contributed by atoms with Crippen molar-refractivity contribution in [3.63, 3.8) is 0 Å². The van der Waals surface area contributed by atoms with E-state index in [1.165, 1.54) is 43.8 Å². The Labute approximate surface area is 230 Å². The number of H-pyrrole nitrogens is 1. The van der Waals surface area contributed by atoms with Crippen molar-refractivity contribution in [3.05, 3.63) is 81.8 Å². The fourth-order valence-corrected chi connectivity index (χ4v) is 3.76. The number of aromatic nitrogens is 5. The topological polar surface area (TPSA) is 203 Å². The normalized spacial score (nSPS) is 11.5. The Balaban J connectivity index is 1.94. The maximum atomic E-state index is 15.9. The highest BCUT2D eigenvalue weighted by Crippen LogP contribution is 2.38. The van der Waals surface area contributed by atoms with Crippen LogP contribution in [0.3, 0.4) is 0 Å². The maximum absolute atomic E-state index is 15.9. The SMILES string of the molecule is COc1cc(OCCO)c(F)c([C@H](Nc2ccc(C(=N)N)c(F)c2OC(C)=O)c2nn(-c3ncccn3)c(=O)[nH]2)c1. The number of aliphatic hydroxyl groups excluding tert-OH is 1. The minimum absolute atomic E-state index is 0.0886. The van der Waals surface area contributed by atoms with E-state index in [1.54, 1.807) is 0 Å². The zero-order valence-electron chi connectivity index (χ0n) is 21.6. The number of nitrogens with zero attached hydrogens (tertiary/aromatic N) is 4. The fraction of sp³-hybridized carbons (Fsp3) is 0.200. The van der Waals surface area contributed by atoms with Gasteiger partial charge in [0.25, 0.3) is 5.95 Å². The van der Waals surface area contributed by atoms with Crippen LogP contribution in [0.15, 0.2) is 47.5 Å². The van der Waals surface area contributed by atoms with Crippen LogP contribution in [-0.2, 0) is 4.79 Å². The standard InChI is InChI=1S/C25H24F2N8O6/c1-12(37)41-21-16(5-4-14(19(21)27)22(28)29)32-20(15-10-13(39-2)11-17(18(15)26)40-9-8-36)23-33-25(38)35(34-23)24-30-6-3-7-31-24/h3-7,10-11,20,32,36H,8-9H2,1-2H3,(H3,28,29)(H,33,34,38)/t20-/m0/s1. The van der Waals surface area contributed by atoms with Gasteiger partial charge in [-0.15, -0.1) is 9.78 Å². The number of methoxy groups -OCH3 is 1. The number of hydrogen-bond acceptors (Lipinski definition) is 11. The van der Waals surface area contributed by atoms with Gasteiger partial charge in [-0.2, -0.15) is 0 Å². The number of hydrogen-bond donors (Lipinski definition) is 5. The van der Waals surface area contributed by atoms with Gasteiger partial charge in [-0.25, -0.2) is 23.5 Å². The van der Waals surface area contributed by atoms with Crippen molar-refractivity contribution in [2.24, 2.45) is 5.73 Å². The number of nitrogens with one attached hydrogen (secondary N) is 3. The number of amidine groups is 1. The number of benzene rings is 2. The summed E-state index contributed by atoms with van der Waals surface area (Å²) in [6, 6.07) is 5.05. The molecule has 6 N–H and O–H groups in total. The van der Waals surface area contributed by atoms with Gasteiger partial charge in [-0.05, 0) is 24.3 Å². The van der Waals surface area contributed by atoms with Gasteiger partial charge in [0.15, 0.2) is 29.0 Å². The smallest absolute Gasteiger partial charge is 0.350 e. The molecule has 2 heterocycles. The van der Waals surface area contributed by atoms with Crippen molar-refractivity contribution in [1.29, 1.82) is 5.41 Å². The Hall–Kier alpha value is -5.38. The number of nitrogens with two attached hydrogens (primary N) is 1. The summed E-state index contributed by atoms with van der Waals surface area (Å²) >= 11 is 0. The van der Waals surface area contributed by atoms with Crippen LogP contribution in [0.5, 0.6) is 17.2 Å². The van der Waals surface area contributed by atoms with Crippen molar-refractivity contribution in [3.8, 4) is 23.2 Å². The molecule has 0 spiro atoms. The number of carbonyl (C=O) groups excluding carboxylic acids is 1. The summed E-state index contributed by atoms with van der Waals surface area (Å²) in [5.74, 6) is -4.67. The minimum Gasteiger partial charge on any atom is -0.497 e. The molecule has 214 valence electrons. The second-order valence-corrected chi connectivity index (χ2v) is 8.27. The van der Waals surface area contributed by atoms with Gasteiger partial charge in [-0.1, -0.05) is 0 Å². The summed E-state index contributed by atoms with van der Waals surface area (Å²) in [4.78, 5) is 35.1. The number of nitrogen functional groups attached to an aromatic ring is 1. The molecule has 16 heteroatoms. The van der Waals surface area contributed by atoms with Crippen LogP contribution in [0.25, 0.3) is 5.95 Å². The second kappa shape index (κ2) is 12.2. The Kier molecular flexibility index (Phi) is 8.52. The summed E-state index contributed by atoms with van der Waals surface area (Å²) in [5, 5.41) is 23.8. The van der Waals surface area contributed by atoms with E-state index in [-0.39, 0.29) is 46.7 Å². The molecule has 0 aliphatic rings. The molecule has 0 unspecified atom stereocenters. The van der Waals surface area contributed by atoms with Crippen molar-refractivity contribution in [2.75, 3.05) is 25.6 Å². The number of aliphatic hydroxyl groups is 1. The molecule has 0 saturated carbocycles. The van der Waals surface area contributed by atoms with E-state index in [2.05, 4.69) is 25.4 Å². The summed E-state index contributed by atoms with van der Waals surface area (Å²) < 4.78 is 47.7. The van der Waals surface area contributed by atoms with E-state index in [0.717, 1.165) is 17.7 Å². The number of carbonyl (C=O) groups is 1. The molecule has 2 aromatic carbocycles. The average Bonchev–Trinajstić information content (AvgIpc) is 3.34. The van der Waals surface area contributed by atoms with Crippen LogP contribution in [0.2, 0.25) is 0 Å². The first kappa shape index (κ1) is 28.6. The van der Waals surface area contributed by atoms with E-state index >= 15 is 8.78 Å². The Morgan fingerprint density at radius 3 is 2.61 bits per heavy atom. The molecule has 0 aliphatic carbocycles. The molecule has 4 aromatic rings. The molecular formula is C25H24F2N8O6. The Morgan fingerprint density at radius 2 is 1.98 bits per heavy atom. The molecule has 41 heavy (non-hydrogen) atoms. The lowest BCUT2D eigenvalue weighted by atomic mass is 10.0. The number of rotatable bonds is 11. The quantitative estimate of drug-likeness (QED) is 0.0755. The monoisotopic (exact) mass is 570 g/mol. The predicted molar refractivity (Wildman–Crippen MR) is 139 cm³/mol. The highest BCUT2D eigenvalue weighted by Gasteiger charge is 2.29. The van der Waals surface area contributed by atoms with Crippen molar-refractivity contribution < 1.29 is 32.9 Å². The van der Waals surface area contributed by atoms with Gasteiger partial charge in [0.2, 0.25) is 0 Å². The molecule has 0 aliphatic heterocycles. The van der Waals surface area contributed by atoms with Crippen LogP contribution in [0.4, 0.5) is 14.5 Å². The first-order valence-corrected chi connectivity index (χ1v) is 11.8. The average molecular weight is 571 g/mol. The van der Waals surface area contributed by atoms with Crippen molar-refractivity contribution >= 4 is 17.5 Å². The first-order chi connectivity index (χ1) is 19.6. The highest BCUT2D eigenvalue weighted by molar-refractivity contribution is 5.96. The van der Waals surface area contributed by atoms with E-state index in [4.69, 9.17) is 25.4 Å². The molecule has 0 fully saturated rings. The van der Waals surface area contributed by atoms with Crippen LogP contribution in [0, 0.1) is 17.0 Å². The predicted octanol–water partition coefficient (Wildman–Crippen LogP) is 1.42. The van der Waals surface area contributed by atoms with Gasteiger partial charge >= 0.3 is 11.7 Å². The molecule has 2 aromatic heterocycles. The molecule has 0 saturated heterocycles. The molecule has 0 bridgehead atoms. The van der Waals surface area contributed by atoms with E-state index in [1.807, 2.05) is 0 Å². The number of esters is 1. The van der Waals surface area contributed by atoms with Gasteiger partial charge in [0, 0.05) is 30.9 Å². The molecule has 14 nitrogen and oxygen atoms in total. The lowest BCUT2D eigenvalue weighted by Crippen LogP contribution is -2.20. The van der Waals surface area contributed by atoms with Crippen LogP contribution >= 0.6 is 0 Å². The number of halogens is 2. The van der Waals surface area contributed by atoms with Crippen LogP contribution in [0.1, 0.15) is 29.9 Å². The number of anilines is 1. The summed E-state index contributed by atoms with van der Waals surface area (Å²) in [6.07, 6.45) is 2.77. The zero-order chi connectivity index (χ0) is 29.7. The third-order valence-corrected chi connectivity index (χ3v) is 5.52. The maximum Gasteiger partial charge on any atom is 0.350 e. The lowest BCUT2D eigenvalue weighted by Gasteiger charge is -2.22. The van der Waals surface area contributed by atoms with Crippen LogP contribution < -0.4 is 31.0 Å². The summed E-state index contributed by atoms with van der Waals surface area (Å²) in [7, 11) is 1.33. The van der Waals surface area contributed by atoms with E-state index in [9.17, 15) is 14.7 Å². The molecular weight excluding hydrogens is 546 g/mol. The largest absolute Gasteiger partial charge is 0.497 e. The molecule has 4 rings (SSSR count). The second-order valence-electron chi connectivity index (χ2n) is 8.27. The van der Waals surface area contributed by atoms with Gasteiger partial charge in [-0.3, -0.25) is 15.2 Å². The van der Waals surface area contributed by atoms with Gasteiger partial charge in [0.05, 0.1) is 25.0 Å². The third kappa shape index (κ3) is 6.11. The van der Waals surface area contributed by atoms with Gasteiger partial charge < -0.3 is 30.4 Å². The van der Waals surface area contributed by atoms with Gasteiger partial charge in [0.1, 0.15) is 24.2 Å². The number of aromatic amines is 1. The van der Waals surface area contributed by atoms with E-state index in [0.29, 0.717) is 0 Å². The number of ether oxygens (including phenoxy) is 3. The molecule has 0 radical (unpaired) electrons. The minimum atomic E-state index is -1.41. The van der Waals surface area contributed by atoms with Crippen molar-refractivity contribution in [1.82, 2.24) is 24.7 Å². The molecule has 0 amide bonds. The van der Waals surface area contributed by atoms with E-state index < -0.39 is 47.5 Å². The Morgan fingerprint density at radius 1 is 1.24 bits per heavy atom. The Bertz CT molecular complexity index is 1640. The lowest BCUT2D eigenvalue weighted by molar-refractivity contribution is -0.132. The highest BCUT2D eigenvalue weighted by atomic mass is 19.1. The third-order valence-electron chi connectivity index (χ3n) is 5.52.